The van der Waals surface area contributed by atoms with Gasteiger partial charge in [0.1, 0.15) is 6.04 Å². The van der Waals surface area contributed by atoms with Gasteiger partial charge in [0.15, 0.2) is 0 Å². The van der Waals surface area contributed by atoms with Gasteiger partial charge in [-0.25, -0.2) is 0 Å². The van der Waals surface area contributed by atoms with E-state index in [1.54, 1.807) is 0 Å². The number of hydrogen-bond acceptors (Lipinski definition) is 3. The van der Waals surface area contributed by atoms with Crippen molar-refractivity contribution in [3.05, 3.63) is 29.3 Å². The molecule has 1 aromatic rings. The van der Waals surface area contributed by atoms with Crippen molar-refractivity contribution in [2.75, 3.05) is 5.32 Å². The lowest BCUT2D eigenvalue weighted by atomic mass is 10.1. The number of para-hydroxylation sites is 1. The van der Waals surface area contributed by atoms with Crippen molar-refractivity contribution in [1.82, 2.24) is 0 Å². The minimum Gasteiger partial charge on any atom is -0.480 e. The van der Waals surface area contributed by atoms with Crippen LogP contribution < -0.4 is 11.1 Å². The van der Waals surface area contributed by atoms with Gasteiger partial charge in [-0.3, -0.25) is 9.59 Å². The van der Waals surface area contributed by atoms with Crippen molar-refractivity contribution in [2.24, 2.45) is 5.73 Å². The number of nitrogens with two attached hydrogens (primary N) is 1. The molecule has 0 fully saturated rings. The molecule has 0 bridgehead atoms. The summed E-state index contributed by atoms with van der Waals surface area (Å²) in [5, 5.41) is 11.4. The van der Waals surface area contributed by atoms with Gasteiger partial charge in [-0.2, -0.15) is 0 Å². The van der Waals surface area contributed by atoms with E-state index in [1.165, 1.54) is 0 Å². The number of hydrogen-bond donors (Lipinski definition) is 3. The number of benzene rings is 1. The van der Waals surface area contributed by atoms with E-state index >= 15 is 0 Å². The molecule has 0 saturated carbocycles. The van der Waals surface area contributed by atoms with Crippen LogP contribution in [0.2, 0.25) is 0 Å². The molecule has 98 valence electrons. The van der Waals surface area contributed by atoms with Gasteiger partial charge in [0.25, 0.3) is 0 Å². The monoisotopic (exact) mass is 250 g/mol. The van der Waals surface area contributed by atoms with E-state index in [0.717, 1.165) is 23.2 Å². The summed E-state index contributed by atoms with van der Waals surface area (Å²) >= 11 is 0. The molecule has 0 spiro atoms. The summed E-state index contributed by atoms with van der Waals surface area (Å²) in [4.78, 5) is 22.3. The topological polar surface area (TPSA) is 92.4 Å². The first-order valence-electron chi connectivity index (χ1n) is 5.82. The summed E-state index contributed by atoms with van der Waals surface area (Å²) in [5.41, 5.74) is 8.04. The molecule has 18 heavy (non-hydrogen) atoms. The number of carboxylic acids is 1. The average molecular weight is 250 g/mol. The number of amides is 1. The fourth-order valence-electron chi connectivity index (χ4n) is 1.68. The molecule has 5 nitrogen and oxygen atoms in total. The normalized spacial score (nSPS) is 11.9. The number of nitrogens with one attached hydrogen (secondary N) is 1. The SMILES string of the molecule is CCc1cccc(C)c1NC(=O)CC(N)C(=O)O. The molecule has 1 aromatic carbocycles. The summed E-state index contributed by atoms with van der Waals surface area (Å²) in [6.07, 6.45) is 0.565. The lowest BCUT2D eigenvalue weighted by Gasteiger charge is -2.13. The molecule has 0 aliphatic rings. The third-order valence-corrected chi connectivity index (χ3v) is 2.73. The number of rotatable bonds is 5. The smallest absolute Gasteiger partial charge is 0.321 e. The van der Waals surface area contributed by atoms with E-state index in [2.05, 4.69) is 5.32 Å². The highest BCUT2D eigenvalue weighted by molar-refractivity contribution is 5.95. The standard InChI is InChI=1S/C13H18N2O3/c1-3-9-6-4-5-8(2)12(9)15-11(16)7-10(14)13(17)18/h4-6,10H,3,7,14H2,1-2H3,(H,15,16)(H,17,18). The molecular formula is C13H18N2O3. The van der Waals surface area contributed by atoms with Gasteiger partial charge in [-0.1, -0.05) is 25.1 Å². The van der Waals surface area contributed by atoms with Crippen molar-refractivity contribution >= 4 is 17.6 Å². The molecular weight excluding hydrogens is 232 g/mol. The van der Waals surface area contributed by atoms with E-state index in [-0.39, 0.29) is 12.3 Å². The van der Waals surface area contributed by atoms with Crippen molar-refractivity contribution in [3.63, 3.8) is 0 Å². The zero-order chi connectivity index (χ0) is 13.7. The third-order valence-electron chi connectivity index (χ3n) is 2.73. The van der Waals surface area contributed by atoms with Crippen LogP contribution >= 0.6 is 0 Å². The number of aryl methyl sites for hydroxylation is 2. The van der Waals surface area contributed by atoms with E-state index in [4.69, 9.17) is 10.8 Å². The molecule has 0 aliphatic carbocycles. The van der Waals surface area contributed by atoms with Crippen LogP contribution in [0.3, 0.4) is 0 Å². The lowest BCUT2D eigenvalue weighted by Crippen LogP contribution is -2.34. The second-order valence-electron chi connectivity index (χ2n) is 4.16. The Morgan fingerprint density at radius 2 is 2.11 bits per heavy atom. The molecule has 0 heterocycles. The Morgan fingerprint density at radius 3 is 2.67 bits per heavy atom. The zero-order valence-corrected chi connectivity index (χ0v) is 10.6. The fourth-order valence-corrected chi connectivity index (χ4v) is 1.68. The van der Waals surface area contributed by atoms with E-state index in [1.807, 2.05) is 32.0 Å². The molecule has 4 N–H and O–H groups in total. The molecule has 1 atom stereocenters. The first-order valence-corrected chi connectivity index (χ1v) is 5.82. The van der Waals surface area contributed by atoms with Gasteiger partial charge >= 0.3 is 5.97 Å². The molecule has 1 amide bonds. The second kappa shape index (κ2) is 6.16. The van der Waals surface area contributed by atoms with Gasteiger partial charge in [0.2, 0.25) is 5.91 Å². The minimum atomic E-state index is -1.18. The van der Waals surface area contributed by atoms with E-state index in [0.29, 0.717) is 0 Å². The molecule has 0 saturated heterocycles. The highest BCUT2D eigenvalue weighted by atomic mass is 16.4. The molecule has 1 rings (SSSR count). The Labute approximate surface area is 106 Å². The maximum Gasteiger partial charge on any atom is 0.321 e. The first-order chi connectivity index (χ1) is 8.45. The minimum absolute atomic E-state index is 0.229. The lowest BCUT2D eigenvalue weighted by molar-refractivity contribution is -0.140. The molecule has 0 aromatic heterocycles. The zero-order valence-electron chi connectivity index (χ0n) is 10.6. The van der Waals surface area contributed by atoms with Gasteiger partial charge in [-0.15, -0.1) is 0 Å². The van der Waals surface area contributed by atoms with Crippen LogP contribution in [0.15, 0.2) is 18.2 Å². The van der Waals surface area contributed by atoms with E-state index < -0.39 is 12.0 Å². The molecule has 0 radical (unpaired) electrons. The van der Waals surface area contributed by atoms with Crippen LogP contribution in [0.25, 0.3) is 0 Å². The first kappa shape index (κ1) is 14.2. The second-order valence-corrected chi connectivity index (χ2v) is 4.16. The predicted molar refractivity (Wildman–Crippen MR) is 69.4 cm³/mol. The predicted octanol–water partition coefficient (Wildman–Crippen LogP) is 1.30. The van der Waals surface area contributed by atoms with Gasteiger partial charge in [-0.05, 0) is 24.5 Å². The largest absolute Gasteiger partial charge is 0.480 e. The highest BCUT2D eigenvalue weighted by Crippen LogP contribution is 2.21. The Morgan fingerprint density at radius 1 is 1.44 bits per heavy atom. The fraction of sp³-hybridized carbons (Fsp3) is 0.385. The van der Waals surface area contributed by atoms with Crippen LogP contribution in [0.5, 0.6) is 0 Å². The van der Waals surface area contributed by atoms with Gasteiger partial charge < -0.3 is 16.2 Å². The Balaban J connectivity index is 2.79. The van der Waals surface area contributed by atoms with Crippen molar-refractivity contribution in [1.29, 1.82) is 0 Å². The number of carboxylic acid groups (broad SMARTS) is 1. The highest BCUT2D eigenvalue weighted by Gasteiger charge is 2.17. The van der Waals surface area contributed by atoms with Crippen molar-refractivity contribution in [2.45, 2.75) is 32.7 Å². The summed E-state index contributed by atoms with van der Waals surface area (Å²) in [6.45, 7) is 3.89. The van der Waals surface area contributed by atoms with Crippen LogP contribution in [-0.2, 0) is 16.0 Å². The van der Waals surface area contributed by atoms with Crippen molar-refractivity contribution < 1.29 is 14.7 Å². The summed E-state index contributed by atoms with van der Waals surface area (Å²) < 4.78 is 0. The summed E-state index contributed by atoms with van der Waals surface area (Å²) in [7, 11) is 0. The Kier molecular flexibility index (Phi) is 4.85. The Hall–Kier alpha value is -1.88. The molecule has 1 unspecified atom stereocenters. The van der Waals surface area contributed by atoms with Crippen LogP contribution in [0.4, 0.5) is 5.69 Å². The van der Waals surface area contributed by atoms with Gasteiger partial charge in [0.05, 0.1) is 6.42 Å². The summed E-state index contributed by atoms with van der Waals surface area (Å²) in [5.74, 6) is -1.56. The average Bonchev–Trinajstić information content (AvgIpc) is 2.31. The summed E-state index contributed by atoms with van der Waals surface area (Å²) in [6, 6.07) is 4.58. The molecule has 5 heteroatoms. The van der Waals surface area contributed by atoms with Crippen LogP contribution in [0.1, 0.15) is 24.5 Å². The number of carbonyl (C=O) groups excluding carboxylic acids is 1. The number of aliphatic carboxylic acids is 1. The third kappa shape index (κ3) is 3.56. The van der Waals surface area contributed by atoms with Gasteiger partial charge in [0, 0.05) is 5.69 Å². The maximum atomic E-state index is 11.7. The van der Waals surface area contributed by atoms with Crippen LogP contribution in [0, 0.1) is 6.92 Å². The molecule has 0 aliphatic heterocycles. The van der Waals surface area contributed by atoms with Crippen molar-refractivity contribution in [3.8, 4) is 0 Å². The van der Waals surface area contributed by atoms with Crippen LogP contribution in [-0.4, -0.2) is 23.0 Å². The Bertz CT molecular complexity index is 458. The quantitative estimate of drug-likeness (QED) is 0.734. The number of anilines is 1. The maximum absolute atomic E-state index is 11.7. The number of carbonyl (C=O) groups is 2. The van der Waals surface area contributed by atoms with E-state index in [9.17, 15) is 9.59 Å².